The number of thiophene rings is 2. The van der Waals surface area contributed by atoms with Crippen LogP contribution in [0.1, 0.15) is 32.0 Å². The molecule has 2 heterocycles. The summed E-state index contributed by atoms with van der Waals surface area (Å²) >= 11 is 10.1. The minimum Gasteiger partial charge on any atom is -0.192 e. The molecule has 0 unspecified atom stereocenters. The van der Waals surface area contributed by atoms with Crippen LogP contribution < -0.4 is 0 Å². The molecule has 0 amide bonds. The Morgan fingerprint density at radius 3 is 1.20 bits per heavy atom. The summed E-state index contributed by atoms with van der Waals surface area (Å²) in [6.45, 7) is 0. The number of hydrogen-bond donors (Lipinski definition) is 0. The Bertz CT molecular complexity index is 1700. The first-order chi connectivity index (χ1) is 19.5. The standard InChI is InChI=1S/C30H18N4S6/c1-35-29(36-2)25-19-9-22-20(10-21(19)27-23(25)7-17(39-27)5-15(11-31)12-32)26(30(37-3)38-4)24-8-18(40-28(22)24)6-16(13-33)14-34/h5-10H,1-4H3. The van der Waals surface area contributed by atoms with E-state index in [1.54, 1.807) is 81.9 Å². The van der Waals surface area contributed by atoms with Gasteiger partial charge in [0, 0.05) is 61.4 Å². The average Bonchev–Trinajstić information content (AvgIpc) is 3.71. The van der Waals surface area contributed by atoms with Crippen LogP contribution in [0, 0.1) is 45.3 Å². The summed E-state index contributed by atoms with van der Waals surface area (Å²) in [6.07, 6.45) is 11.7. The fourth-order valence-electron chi connectivity index (χ4n) is 4.89. The van der Waals surface area contributed by atoms with Crippen LogP contribution in [-0.2, 0) is 0 Å². The summed E-state index contributed by atoms with van der Waals surface area (Å²) in [4.78, 5) is 4.07. The molecule has 4 nitrogen and oxygen atoms in total. The third kappa shape index (κ3) is 4.66. The molecule has 1 aromatic carbocycles. The van der Waals surface area contributed by atoms with Gasteiger partial charge >= 0.3 is 0 Å². The summed E-state index contributed by atoms with van der Waals surface area (Å²) < 4.78 is 2.42. The molecule has 2 aromatic heterocycles. The first-order valence-corrected chi connectivity index (χ1v) is 18.2. The van der Waals surface area contributed by atoms with E-state index in [1.165, 1.54) is 30.7 Å². The van der Waals surface area contributed by atoms with E-state index in [2.05, 4.69) is 49.3 Å². The Hall–Kier alpha value is -3.06. The summed E-state index contributed by atoms with van der Waals surface area (Å²) in [5.41, 5.74) is 9.49. The van der Waals surface area contributed by atoms with Crippen LogP contribution in [0.4, 0.5) is 0 Å². The van der Waals surface area contributed by atoms with Gasteiger partial charge < -0.3 is 0 Å². The molecule has 0 saturated heterocycles. The summed E-state index contributed by atoms with van der Waals surface area (Å²) in [6, 6.07) is 16.7. The lowest BCUT2D eigenvalue weighted by molar-refractivity contribution is 1.47. The smallest absolute Gasteiger partial charge is 0.131 e. The zero-order chi connectivity index (χ0) is 28.6. The monoisotopic (exact) mass is 626 g/mol. The molecule has 10 heteroatoms. The third-order valence-corrected chi connectivity index (χ3v) is 13.0. The second-order valence-corrected chi connectivity index (χ2v) is 14.4. The second-order valence-electron chi connectivity index (χ2n) is 8.43. The molecule has 2 aliphatic carbocycles. The van der Waals surface area contributed by atoms with Gasteiger partial charge in [0.05, 0.1) is 0 Å². The summed E-state index contributed by atoms with van der Waals surface area (Å²) in [7, 11) is 0. The topological polar surface area (TPSA) is 95.2 Å². The number of fused-ring (bicyclic) bond motifs is 6. The van der Waals surface area contributed by atoms with E-state index in [0.29, 0.717) is 0 Å². The maximum absolute atomic E-state index is 9.31. The van der Waals surface area contributed by atoms with Crippen molar-refractivity contribution in [3.05, 3.63) is 75.9 Å². The minimum absolute atomic E-state index is 0.0923. The highest BCUT2D eigenvalue weighted by Gasteiger charge is 2.35. The summed E-state index contributed by atoms with van der Waals surface area (Å²) in [5, 5.41) is 37.2. The van der Waals surface area contributed by atoms with Crippen molar-refractivity contribution < 1.29 is 0 Å². The number of rotatable bonds is 6. The van der Waals surface area contributed by atoms with E-state index in [4.69, 9.17) is 0 Å². The SMILES string of the molecule is CSC(SC)=C1c2cc3c(cc2-c2sc(C=C(C#N)C#N)cc21)C(=C(SC)SC)c1cc(C=C(C#N)C#N)sc1-3. The average molecular weight is 627 g/mol. The maximum Gasteiger partial charge on any atom is 0.131 e. The molecule has 40 heavy (non-hydrogen) atoms. The Kier molecular flexibility index (Phi) is 8.41. The van der Waals surface area contributed by atoms with Gasteiger partial charge in [-0.2, -0.15) is 21.0 Å². The van der Waals surface area contributed by atoms with Crippen LogP contribution in [0.5, 0.6) is 0 Å². The van der Waals surface area contributed by atoms with Crippen LogP contribution in [0.15, 0.2) is 43.9 Å². The van der Waals surface area contributed by atoms with E-state index in [0.717, 1.165) is 41.8 Å². The Labute approximate surface area is 258 Å². The molecule has 2 aliphatic rings. The predicted octanol–water partition coefficient (Wildman–Crippen LogP) is 9.52. The van der Waals surface area contributed by atoms with Crippen LogP contribution in [0.3, 0.4) is 0 Å². The summed E-state index contributed by atoms with van der Waals surface area (Å²) in [5.74, 6) is 0. The van der Waals surface area contributed by atoms with Gasteiger partial charge in [-0.1, -0.05) is 0 Å². The molecule has 0 spiro atoms. The van der Waals surface area contributed by atoms with Gasteiger partial charge in [0.1, 0.15) is 35.4 Å². The van der Waals surface area contributed by atoms with Crippen LogP contribution in [0.2, 0.25) is 0 Å². The highest BCUT2D eigenvalue weighted by atomic mass is 32.2. The first-order valence-electron chi connectivity index (χ1n) is 11.6. The van der Waals surface area contributed by atoms with Gasteiger partial charge in [0.25, 0.3) is 0 Å². The van der Waals surface area contributed by atoms with Gasteiger partial charge in [0.2, 0.25) is 0 Å². The normalized spacial score (nSPS) is 11.7. The van der Waals surface area contributed by atoms with E-state index >= 15 is 0 Å². The lowest BCUT2D eigenvalue weighted by Gasteiger charge is -2.13. The van der Waals surface area contributed by atoms with E-state index < -0.39 is 0 Å². The largest absolute Gasteiger partial charge is 0.192 e. The van der Waals surface area contributed by atoms with Gasteiger partial charge in [-0.15, -0.1) is 69.7 Å². The molecule has 0 bridgehead atoms. The van der Waals surface area contributed by atoms with Crippen molar-refractivity contribution in [2.24, 2.45) is 0 Å². The lowest BCUT2D eigenvalue weighted by Crippen LogP contribution is -1.90. The van der Waals surface area contributed by atoms with Crippen molar-refractivity contribution in [3.8, 4) is 45.2 Å². The molecular formula is C30H18N4S6. The quantitative estimate of drug-likeness (QED) is 0.172. The zero-order valence-electron chi connectivity index (χ0n) is 21.7. The van der Waals surface area contributed by atoms with Crippen molar-refractivity contribution in [3.63, 3.8) is 0 Å². The highest BCUT2D eigenvalue weighted by molar-refractivity contribution is 8.22. The molecule has 3 aromatic rings. The van der Waals surface area contributed by atoms with Crippen molar-refractivity contribution >= 4 is 93.0 Å². The second kappa shape index (κ2) is 11.8. The fourth-order valence-corrected chi connectivity index (χ4v) is 10.2. The van der Waals surface area contributed by atoms with Crippen molar-refractivity contribution in [2.75, 3.05) is 25.0 Å². The molecule has 0 radical (unpaired) electrons. The Morgan fingerprint density at radius 2 is 0.900 bits per heavy atom. The molecule has 0 N–H and O–H groups in total. The molecule has 0 fully saturated rings. The molecule has 194 valence electrons. The number of benzene rings is 1. The van der Waals surface area contributed by atoms with Crippen molar-refractivity contribution in [1.82, 2.24) is 0 Å². The number of thioether (sulfide) groups is 4. The molecular weight excluding hydrogens is 609 g/mol. The van der Waals surface area contributed by atoms with E-state index in [-0.39, 0.29) is 11.1 Å². The van der Waals surface area contributed by atoms with Crippen LogP contribution in [0.25, 0.3) is 44.2 Å². The van der Waals surface area contributed by atoms with Gasteiger partial charge in [-0.05, 0) is 72.6 Å². The van der Waals surface area contributed by atoms with Crippen molar-refractivity contribution in [1.29, 1.82) is 21.0 Å². The molecule has 0 atom stereocenters. The zero-order valence-corrected chi connectivity index (χ0v) is 26.6. The van der Waals surface area contributed by atoms with Gasteiger partial charge in [-0.25, -0.2) is 0 Å². The first kappa shape index (κ1) is 28.5. The molecule has 5 rings (SSSR count). The number of allylic oxidation sites excluding steroid dienone is 2. The number of nitriles is 4. The predicted molar refractivity (Wildman–Crippen MR) is 178 cm³/mol. The van der Waals surface area contributed by atoms with E-state index in [9.17, 15) is 21.0 Å². The maximum atomic E-state index is 9.31. The van der Waals surface area contributed by atoms with Gasteiger partial charge in [0.15, 0.2) is 0 Å². The molecule has 0 aliphatic heterocycles. The fraction of sp³-hybridized carbons (Fsp3) is 0.133. The molecule has 0 saturated carbocycles. The minimum atomic E-state index is 0.0923. The van der Waals surface area contributed by atoms with Gasteiger partial charge in [-0.3, -0.25) is 0 Å². The van der Waals surface area contributed by atoms with Crippen LogP contribution >= 0.6 is 69.7 Å². The highest BCUT2D eigenvalue weighted by Crippen LogP contribution is 2.59. The Balaban J connectivity index is 1.81. The number of nitrogens with zero attached hydrogens (tertiary/aromatic N) is 4. The third-order valence-electron chi connectivity index (χ3n) is 6.43. The lowest BCUT2D eigenvalue weighted by atomic mass is 9.98. The number of hydrogen-bond acceptors (Lipinski definition) is 10. The van der Waals surface area contributed by atoms with E-state index in [1.807, 2.05) is 24.3 Å². The van der Waals surface area contributed by atoms with Crippen LogP contribution in [-0.4, -0.2) is 25.0 Å². The Morgan fingerprint density at radius 1 is 0.550 bits per heavy atom. The van der Waals surface area contributed by atoms with Crippen molar-refractivity contribution in [2.45, 2.75) is 0 Å².